The van der Waals surface area contributed by atoms with Gasteiger partial charge in [0.05, 0.1) is 30.7 Å². The van der Waals surface area contributed by atoms with Crippen molar-refractivity contribution in [3.63, 3.8) is 0 Å². The monoisotopic (exact) mass is 384 g/mol. The third-order valence-corrected chi connectivity index (χ3v) is 6.70. The summed E-state index contributed by atoms with van der Waals surface area (Å²) >= 11 is 1.52. The number of thiophene rings is 1. The second-order valence-electron chi connectivity index (χ2n) is 7.13. The largest absolute Gasteiger partial charge is 0.468 e. The first-order valence-electron chi connectivity index (χ1n) is 8.73. The number of esters is 1. The van der Waals surface area contributed by atoms with Crippen molar-refractivity contribution in [3.05, 3.63) is 52.2 Å². The number of ether oxygens (including phenoxy) is 1. The Kier molecular flexibility index (Phi) is 4.16. The number of aryl methyl sites for hydroxylation is 1. The number of para-hydroxylation sites is 1. The number of rotatable bonds is 3. The van der Waals surface area contributed by atoms with Gasteiger partial charge in [-0.15, -0.1) is 11.3 Å². The van der Waals surface area contributed by atoms with Crippen LogP contribution in [0.3, 0.4) is 0 Å². The van der Waals surface area contributed by atoms with Crippen molar-refractivity contribution < 1.29 is 19.1 Å². The minimum Gasteiger partial charge on any atom is -0.468 e. The van der Waals surface area contributed by atoms with Crippen molar-refractivity contribution in [1.82, 2.24) is 5.32 Å². The molecule has 2 saturated heterocycles. The minimum absolute atomic E-state index is 0.283. The predicted molar refractivity (Wildman–Crippen MR) is 101 cm³/mol. The van der Waals surface area contributed by atoms with E-state index in [9.17, 15) is 14.4 Å². The van der Waals surface area contributed by atoms with Crippen molar-refractivity contribution in [3.8, 4) is 0 Å². The maximum atomic E-state index is 13.3. The highest BCUT2D eigenvalue weighted by atomic mass is 32.1. The summed E-state index contributed by atoms with van der Waals surface area (Å²) in [5, 5.41) is 5.21. The number of amides is 2. The Bertz CT molecular complexity index is 925. The van der Waals surface area contributed by atoms with Gasteiger partial charge in [0.15, 0.2) is 0 Å². The molecule has 0 radical (unpaired) electrons. The molecule has 6 nitrogen and oxygen atoms in total. The van der Waals surface area contributed by atoms with Gasteiger partial charge in [0.2, 0.25) is 11.8 Å². The molecule has 2 aromatic rings. The van der Waals surface area contributed by atoms with Crippen LogP contribution in [0.5, 0.6) is 0 Å². The van der Waals surface area contributed by atoms with E-state index in [0.717, 1.165) is 10.4 Å². The van der Waals surface area contributed by atoms with Crippen LogP contribution < -0.4 is 10.2 Å². The molecule has 2 amide bonds. The molecule has 1 aromatic heterocycles. The van der Waals surface area contributed by atoms with E-state index < -0.39 is 29.4 Å². The first-order valence-corrected chi connectivity index (χ1v) is 9.61. The predicted octanol–water partition coefficient (Wildman–Crippen LogP) is 2.44. The highest BCUT2D eigenvalue weighted by molar-refractivity contribution is 7.10. The third-order valence-electron chi connectivity index (χ3n) is 5.60. The van der Waals surface area contributed by atoms with E-state index in [1.165, 1.54) is 23.3 Å². The molecule has 7 heteroatoms. The Morgan fingerprint density at radius 1 is 1.19 bits per heavy atom. The molecule has 4 rings (SSSR count). The van der Waals surface area contributed by atoms with Crippen molar-refractivity contribution in [2.45, 2.75) is 25.4 Å². The molecule has 1 aromatic carbocycles. The number of carbonyl (C=O) groups excluding carboxylic acids is 3. The molecule has 2 aliphatic rings. The average molecular weight is 384 g/mol. The van der Waals surface area contributed by atoms with Gasteiger partial charge in [0.1, 0.15) is 5.54 Å². The molecule has 3 heterocycles. The number of anilines is 1. The van der Waals surface area contributed by atoms with Gasteiger partial charge in [-0.2, -0.15) is 0 Å². The molecular formula is C20H20N2O4S. The van der Waals surface area contributed by atoms with Crippen LogP contribution in [-0.2, 0) is 19.1 Å². The van der Waals surface area contributed by atoms with Gasteiger partial charge in [-0.05, 0) is 43.0 Å². The number of methoxy groups -OCH3 is 1. The summed E-state index contributed by atoms with van der Waals surface area (Å²) in [5.41, 5.74) is 0.288. The number of hydrogen-bond acceptors (Lipinski definition) is 6. The van der Waals surface area contributed by atoms with Crippen molar-refractivity contribution in [2.75, 3.05) is 12.0 Å². The molecule has 0 aliphatic carbocycles. The second kappa shape index (κ2) is 6.28. The summed E-state index contributed by atoms with van der Waals surface area (Å²) in [6.45, 7) is 3.62. The van der Waals surface area contributed by atoms with Crippen LogP contribution in [0.25, 0.3) is 0 Å². The van der Waals surface area contributed by atoms with E-state index in [-0.39, 0.29) is 11.8 Å². The van der Waals surface area contributed by atoms with Crippen molar-refractivity contribution >= 4 is 34.8 Å². The smallest absolute Gasteiger partial charge is 0.326 e. The van der Waals surface area contributed by atoms with Crippen LogP contribution in [0.4, 0.5) is 5.69 Å². The van der Waals surface area contributed by atoms with Gasteiger partial charge >= 0.3 is 5.97 Å². The Labute approximate surface area is 161 Å². The fourth-order valence-corrected chi connectivity index (χ4v) is 5.32. The molecule has 1 N–H and O–H groups in total. The third kappa shape index (κ3) is 2.45. The Balaban J connectivity index is 1.84. The molecule has 2 fully saturated rings. The summed E-state index contributed by atoms with van der Waals surface area (Å²) in [6, 6.07) is 10.4. The summed E-state index contributed by atoms with van der Waals surface area (Å²) in [7, 11) is 1.30. The maximum absolute atomic E-state index is 13.3. The summed E-state index contributed by atoms with van der Waals surface area (Å²) in [6.07, 6.45) is 0. The van der Waals surface area contributed by atoms with Crippen molar-refractivity contribution in [1.29, 1.82) is 0 Å². The molecule has 0 spiro atoms. The number of nitrogens with zero attached hydrogens (tertiary/aromatic N) is 1. The zero-order chi connectivity index (χ0) is 19.3. The standard InChI is InChI=1S/C20H20N2O4S/c1-11-9-10-27-16(11)15-13-14(20(2,21-15)19(25)26-3)18(24)22(17(13)23)12-7-5-4-6-8-12/h4-10,13-15,21H,1-3H3/t13-,14-,15+,20-/m0/s1. The normalized spacial score (nSPS) is 29.9. The number of carbonyl (C=O) groups is 3. The summed E-state index contributed by atoms with van der Waals surface area (Å²) in [5.74, 6) is -2.66. The second-order valence-corrected chi connectivity index (χ2v) is 8.08. The molecule has 27 heavy (non-hydrogen) atoms. The molecule has 0 saturated carbocycles. The van der Waals surface area contributed by atoms with Crippen LogP contribution >= 0.6 is 11.3 Å². The summed E-state index contributed by atoms with van der Waals surface area (Å²) < 4.78 is 4.99. The fourth-order valence-electron chi connectivity index (χ4n) is 4.30. The van der Waals surface area contributed by atoms with Gasteiger partial charge < -0.3 is 4.74 Å². The number of nitrogens with one attached hydrogen (secondary N) is 1. The molecule has 2 aliphatic heterocycles. The number of benzene rings is 1. The van der Waals surface area contributed by atoms with Gasteiger partial charge in [0.25, 0.3) is 0 Å². The van der Waals surface area contributed by atoms with Crippen molar-refractivity contribution in [2.24, 2.45) is 11.8 Å². The average Bonchev–Trinajstić information content (AvgIpc) is 3.30. The zero-order valence-electron chi connectivity index (χ0n) is 15.3. The molecule has 140 valence electrons. The lowest BCUT2D eigenvalue weighted by molar-refractivity contribution is -0.151. The molecule has 0 bridgehead atoms. The maximum Gasteiger partial charge on any atom is 0.326 e. The van der Waals surface area contributed by atoms with E-state index >= 15 is 0 Å². The number of hydrogen-bond donors (Lipinski definition) is 1. The van der Waals surface area contributed by atoms with E-state index in [1.54, 1.807) is 31.2 Å². The lowest BCUT2D eigenvalue weighted by atomic mass is 9.81. The van der Waals surface area contributed by atoms with Gasteiger partial charge in [-0.25, -0.2) is 4.90 Å². The number of imide groups is 1. The lowest BCUT2D eigenvalue weighted by Crippen LogP contribution is -2.54. The number of fused-ring (bicyclic) bond motifs is 1. The lowest BCUT2D eigenvalue weighted by Gasteiger charge is -2.28. The van der Waals surface area contributed by atoms with E-state index in [0.29, 0.717) is 5.69 Å². The quantitative estimate of drug-likeness (QED) is 0.650. The van der Waals surface area contributed by atoms with E-state index in [4.69, 9.17) is 4.74 Å². The SMILES string of the molecule is COC(=O)[C@@]1(C)N[C@@H](c2sccc2C)[C@H]2C(=O)N(c3ccccc3)C(=O)[C@H]21. The minimum atomic E-state index is -1.27. The Morgan fingerprint density at radius 3 is 2.48 bits per heavy atom. The molecule has 0 unspecified atom stereocenters. The fraction of sp³-hybridized carbons (Fsp3) is 0.350. The molecular weight excluding hydrogens is 364 g/mol. The highest BCUT2D eigenvalue weighted by Crippen LogP contribution is 2.51. The van der Waals surface area contributed by atoms with Gasteiger partial charge in [-0.3, -0.25) is 19.7 Å². The van der Waals surface area contributed by atoms with Crippen LogP contribution in [-0.4, -0.2) is 30.4 Å². The summed E-state index contributed by atoms with van der Waals surface area (Å²) in [4.78, 5) is 41.4. The Morgan fingerprint density at radius 2 is 1.89 bits per heavy atom. The van der Waals surface area contributed by atoms with Crippen LogP contribution in [0.15, 0.2) is 41.8 Å². The van der Waals surface area contributed by atoms with Crippen LogP contribution in [0.1, 0.15) is 23.4 Å². The van der Waals surface area contributed by atoms with Crippen LogP contribution in [0, 0.1) is 18.8 Å². The first kappa shape index (κ1) is 17.9. The van der Waals surface area contributed by atoms with Gasteiger partial charge in [-0.1, -0.05) is 18.2 Å². The molecule has 4 atom stereocenters. The zero-order valence-corrected chi connectivity index (χ0v) is 16.1. The highest BCUT2D eigenvalue weighted by Gasteiger charge is 2.67. The van der Waals surface area contributed by atoms with Crippen LogP contribution in [0.2, 0.25) is 0 Å². The topological polar surface area (TPSA) is 75.7 Å². The van der Waals surface area contributed by atoms with Gasteiger partial charge in [0, 0.05) is 4.88 Å². The van der Waals surface area contributed by atoms with E-state index in [2.05, 4.69) is 5.32 Å². The first-order chi connectivity index (χ1) is 12.9. The van der Waals surface area contributed by atoms with E-state index in [1.807, 2.05) is 24.4 Å². The Hall–Kier alpha value is -2.51.